The summed E-state index contributed by atoms with van der Waals surface area (Å²) in [6.07, 6.45) is -6.08. The first-order chi connectivity index (χ1) is 17.1. The molecule has 0 bridgehead atoms. The maximum Gasteiger partial charge on any atom is 0.416 e. The Bertz CT molecular complexity index is 1280. The maximum absolute atomic E-state index is 13.6. The second-order valence-corrected chi connectivity index (χ2v) is 8.55. The number of carbonyl (C=O) groups excluding carboxylic acids is 1. The standard InChI is InChI=1S/C27H24F3NO5/c1-16-25(17-6-4-3-5-7-17)36-26(34)31(16)15-20-13-21(27(28,29)30)9-10-22(20)18-8-11-23(35-2)19(12-18)14-24(32)33/h3-13,16,25H,14-15H2,1-2H3,(H,32,33)/t16-,25-/m0/s1. The van der Waals surface area contributed by atoms with Gasteiger partial charge in [0.05, 0.1) is 31.7 Å². The van der Waals surface area contributed by atoms with Crippen molar-refractivity contribution in [3.05, 3.63) is 89.0 Å². The molecule has 0 saturated carbocycles. The number of alkyl halides is 3. The zero-order valence-corrected chi connectivity index (χ0v) is 19.6. The van der Waals surface area contributed by atoms with Crippen LogP contribution in [0.3, 0.4) is 0 Å². The van der Waals surface area contributed by atoms with Gasteiger partial charge in [-0.2, -0.15) is 13.2 Å². The van der Waals surface area contributed by atoms with Gasteiger partial charge in [0.25, 0.3) is 0 Å². The molecule has 1 N–H and O–H groups in total. The third-order valence-electron chi connectivity index (χ3n) is 6.23. The molecular formula is C27H24F3NO5. The van der Waals surface area contributed by atoms with Crippen molar-refractivity contribution in [2.75, 3.05) is 7.11 Å². The summed E-state index contributed by atoms with van der Waals surface area (Å²) in [5.41, 5.74) is 1.54. The summed E-state index contributed by atoms with van der Waals surface area (Å²) in [4.78, 5) is 25.5. The van der Waals surface area contributed by atoms with Crippen molar-refractivity contribution < 1.29 is 37.3 Å². The third kappa shape index (κ3) is 5.15. The average Bonchev–Trinajstić information content (AvgIpc) is 3.12. The minimum atomic E-state index is -4.58. The van der Waals surface area contributed by atoms with Crippen LogP contribution in [-0.2, 0) is 28.7 Å². The molecule has 4 rings (SSSR count). The summed E-state index contributed by atoms with van der Waals surface area (Å²) < 4.78 is 51.5. The van der Waals surface area contributed by atoms with E-state index in [1.54, 1.807) is 25.1 Å². The predicted octanol–water partition coefficient (Wildman–Crippen LogP) is 6.09. The highest BCUT2D eigenvalue weighted by Crippen LogP contribution is 2.38. The minimum Gasteiger partial charge on any atom is -0.496 e. The molecular weight excluding hydrogens is 475 g/mol. The number of amides is 1. The molecule has 188 valence electrons. The second-order valence-electron chi connectivity index (χ2n) is 8.55. The van der Waals surface area contributed by atoms with E-state index < -0.39 is 35.9 Å². The van der Waals surface area contributed by atoms with Crippen LogP contribution in [0.15, 0.2) is 66.7 Å². The van der Waals surface area contributed by atoms with Crippen molar-refractivity contribution in [3.63, 3.8) is 0 Å². The van der Waals surface area contributed by atoms with E-state index in [2.05, 4.69) is 0 Å². The molecule has 1 fully saturated rings. The molecule has 3 aromatic rings. The molecule has 3 aromatic carbocycles. The molecule has 1 saturated heterocycles. The number of rotatable bonds is 7. The number of hydrogen-bond acceptors (Lipinski definition) is 4. The van der Waals surface area contributed by atoms with Gasteiger partial charge in [-0.15, -0.1) is 0 Å². The lowest BCUT2D eigenvalue weighted by atomic mass is 9.94. The number of carboxylic acids is 1. The maximum atomic E-state index is 13.6. The lowest BCUT2D eigenvalue weighted by Gasteiger charge is -2.23. The lowest BCUT2D eigenvalue weighted by Crippen LogP contribution is -2.31. The first-order valence-corrected chi connectivity index (χ1v) is 11.2. The van der Waals surface area contributed by atoms with E-state index in [9.17, 15) is 27.9 Å². The molecule has 1 aliphatic rings. The second kappa shape index (κ2) is 9.93. The number of carboxylic acid groups (broad SMARTS) is 1. The van der Waals surface area contributed by atoms with E-state index >= 15 is 0 Å². The van der Waals surface area contributed by atoms with Gasteiger partial charge in [-0.25, -0.2) is 4.79 Å². The van der Waals surface area contributed by atoms with Gasteiger partial charge in [-0.3, -0.25) is 9.69 Å². The van der Waals surface area contributed by atoms with E-state index in [0.29, 0.717) is 22.4 Å². The first kappa shape index (κ1) is 25.1. The van der Waals surface area contributed by atoms with Crippen molar-refractivity contribution in [1.29, 1.82) is 0 Å². The topological polar surface area (TPSA) is 76.1 Å². The fourth-order valence-corrected chi connectivity index (χ4v) is 4.42. The Morgan fingerprint density at radius 1 is 1.06 bits per heavy atom. The van der Waals surface area contributed by atoms with Gasteiger partial charge in [0.1, 0.15) is 11.9 Å². The predicted molar refractivity (Wildman–Crippen MR) is 125 cm³/mol. The Morgan fingerprint density at radius 2 is 1.78 bits per heavy atom. The van der Waals surface area contributed by atoms with Gasteiger partial charge < -0.3 is 14.6 Å². The molecule has 1 amide bonds. The lowest BCUT2D eigenvalue weighted by molar-refractivity contribution is -0.138. The molecule has 0 spiro atoms. The van der Waals surface area contributed by atoms with E-state index in [4.69, 9.17) is 9.47 Å². The van der Waals surface area contributed by atoms with Crippen molar-refractivity contribution in [2.24, 2.45) is 0 Å². The summed E-state index contributed by atoms with van der Waals surface area (Å²) in [6.45, 7) is 1.66. The number of ether oxygens (including phenoxy) is 2. The van der Waals surface area contributed by atoms with Crippen LogP contribution in [0.25, 0.3) is 11.1 Å². The molecule has 2 atom stereocenters. The highest BCUT2D eigenvalue weighted by molar-refractivity contribution is 5.76. The Kier molecular flexibility index (Phi) is 6.92. The van der Waals surface area contributed by atoms with Crippen LogP contribution in [0.5, 0.6) is 5.75 Å². The van der Waals surface area contributed by atoms with Crippen molar-refractivity contribution in [3.8, 4) is 16.9 Å². The number of aliphatic carboxylic acids is 1. The summed E-state index contributed by atoms with van der Waals surface area (Å²) in [7, 11) is 1.41. The molecule has 0 aromatic heterocycles. The molecule has 6 nitrogen and oxygen atoms in total. The number of nitrogens with zero attached hydrogens (tertiary/aromatic N) is 1. The van der Waals surface area contributed by atoms with Gasteiger partial charge in [-0.1, -0.05) is 42.5 Å². The Hall–Kier alpha value is -4.01. The van der Waals surface area contributed by atoms with Crippen molar-refractivity contribution in [1.82, 2.24) is 4.90 Å². The van der Waals surface area contributed by atoms with Gasteiger partial charge in [0, 0.05) is 5.56 Å². The molecule has 36 heavy (non-hydrogen) atoms. The molecule has 0 unspecified atom stereocenters. The monoisotopic (exact) mass is 499 g/mol. The van der Waals surface area contributed by atoms with Gasteiger partial charge in [-0.05, 0) is 53.4 Å². The van der Waals surface area contributed by atoms with E-state index in [-0.39, 0.29) is 18.5 Å². The van der Waals surface area contributed by atoms with Crippen LogP contribution in [0.1, 0.15) is 35.3 Å². The van der Waals surface area contributed by atoms with E-state index in [0.717, 1.165) is 17.7 Å². The van der Waals surface area contributed by atoms with Gasteiger partial charge in [0.15, 0.2) is 0 Å². The number of carbonyl (C=O) groups is 2. The number of methoxy groups -OCH3 is 1. The Morgan fingerprint density at radius 3 is 2.42 bits per heavy atom. The smallest absolute Gasteiger partial charge is 0.416 e. The SMILES string of the molecule is COc1ccc(-c2ccc(C(F)(F)F)cc2CN2C(=O)O[C@H](c3ccccc3)[C@@H]2C)cc1CC(=O)O. The average molecular weight is 499 g/mol. The zero-order chi connectivity index (χ0) is 26.0. The largest absolute Gasteiger partial charge is 0.496 e. The van der Waals surface area contributed by atoms with Crippen LogP contribution in [0.2, 0.25) is 0 Å². The third-order valence-corrected chi connectivity index (χ3v) is 6.23. The number of halogens is 3. The number of benzene rings is 3. The van der Waals surface area contributed by atoms with Crippen LogP contribution < -0.4 is 4.74 Å². The fourth-order valence-electron chi connectivity index (χ4n) is 4.42. The molecule has 0 radical (unpaired) electrons. The van der Waals surface area contributed by atoms with Crippen LogP contribution in [0.4, 0.5) is 18.0 Å². The Labute approximate surface area is 205 Å². The summed E-state index contributed by atoms with van der Waals surface area (Å²) in [6, 6.07) is 16.8. The molecule has 9 heteroatoms. The fraction of sp³-hybridized carbons (Fsp3) is 0.259. The van der Waals surface area contributed by atoms with E-state index in [1.807, 2.05) is 30.3 Å². The number of hydrogen-bond donors (Lipinski definition) is 1. The van der Waals surface area contributed by atoms with Gasteiger partial charge in [0.2, 0.25) is 0 Å². The summed E-state index contributed by atoms with van der Waals surface area (Å²) in [5, 5.41) is 9.26. The molecule has 1 aliphatic heterocycles. The Balaban J connectivity index is 1.75. The minimum absolute atomic E-state index is 0.122. The van der Waals surface area contributed by atoms with Crippen LogP contribution >= 0.6 is 0 Å². The summed E-state index contributed by atoms with van der Waals surface area (Å²) in [5.74, 6) is -0.712. The van der Waals surface area contributed by atoms with Crippen molar-refractivity contribution >= 4 is 12.1 Å². The first-order valence-electron chi connectivity index (χ1n) is 11.2. The zero-order valence-electron chi connectivity index (χ0n) is 19.6. The van der Waals surface area contributed by atoms with Gasteiger partial charge >= 0.3 is 18.2 Å². The highest BCUT2D eigenvalue weighted by Gasteiger charge is 2.40. The van der Waals surface area contributed by atoms with Crippen LogP contribution in [-0.4, -0.2) is 35.2 Å². The quantitative estimate of drug-likeness (QED) is 0.426. The highest BCUT2D eigenvalue weighted by atomic mass is 19.4. The summed E-state index contributed by atoms with van der Waals surface area (Å²) >= 11 is 0. The molecule has 1 heterocycles. The van der Waals surface area contributed by atoms with Crippen molar-refractivity contribution in [2.45, 2.75) is 38.2 Å². The number of cyclic esters (lactones) is 1. The van der Waals surface area contributed by atoms with E-state index in [1.165, 1.54) is 18.1 Å². The van der Waals surface area contributed by atoms with Crippen LogP contribution in [0, 0.1) is 0 Å². The molecule has 0 aliphatic carbocycles. The normalized spacial score (nSPS) is 17.7.